The number of hydrogen-bond acceptors (Lipinski definition) is 5. The maximum Gasteiger partial charge on any atom is 0.256 e. The Balaban J connectivity index is 2.32. The summed E-state index contributed by atoms with van der Waals surface area (Å²) in [6.07, 6.45) is 2.92. The summed E-state index contributed by atoms with van der Waals surface area (Å²) in [7, 11) is 0. The second-order valence-electron chi connectivity index (χ2n) is 3.44. The van der Waals surface area contributed by atoms with Gasteiger partial charge in [-0.05, 0) is 30.7 Å². The van der Waals surface area contributed by atoms with Crippen molar-refractivity contribution in [2.45, 2.75) is 6.92 Å². The fourth-order valence-electron chi connectivity index (χ4n) is 1.30. The monoisotopic (exact) mass is 226 g/mol. The van der Waals surface area contributed by atoms with Crippen molar-refractivity contribution < 1.29 is 4.74 Å². The topological polar surface area (TPSA) is 84.8 Å². The lowest BCUT2D eigenvalue weighted by atomic mass is 10.2. The second-order valence-corrected chi connectivity index (χ2v) is 3.44. The number of aromatic nitrogens is 2. The first-order valence-electron chi connectivity index (χ1n) is 4.96. The lowest BCUT2D eigenvalue weighted by molar-refractivity contribution is 0.458. The van der Waals surface area contributed by atoms with Crippen molar-refractivity contribution in [3.05, 3.63) is 41.9 Å². The minimum Gasteiger partial charge on any atom is -0.436 e. The average molecular weight is 226 g/mol. The second kappa shape index (κ2) is 4.49. The predicted molar refractivity (Wildman–Crippen MR) is 62.4 cm³/mol. The van der Waals surface area contributed by atoms with Gasteiger partial charge in [0.1, 0.15) is 11.8 Å². The third kappa shape index (κ3) is 2.32. The average Bonchev–Trinajstić information content (AvgIpc) is 2.34. The van der Waals surface area contributed by atoms with Crippen molar-refractivity contribution >= 4 is 5.69 Å². The first-order valence-corrected chi connectivity index (χ1v) is 4.96. The van der Waals surface area contributed by atoms with Gasteiger partial charge < -0.3 is 10.5 Å². The van der Waals surface area contributed by atoms with Crippen LogP contribution in [0.25, 0.3) is 0 Å². The molecule has 17 heavy (non-hydrogen) atoms. The zero-order chi connectivity index (χ0) is 12.3. The standard InChI is InChI=1S/C12H10N4O/c1-8-6-9(2-3-10(8)14)17-12-11(7-13)15-4-5-16-12/h2-6H,14H2,1H3. The molecule has 0 amide bonds. The normalized spacial score (nSPS) is 9.65. The first kappa shape index (κ1) is 10.9. The number of rotatable bonds is 2. The first-order chi connectivity index (χ1) is 8.20. The van der Waals surface area contributed by atoms with E-state index in [0.717, 1.165) is 5.56 Å². The fraction of sp³-hybridized carbons (Fsp3) is 0.0833. The van der Waals surface area contributed by atoms with Crippen LogP contribution in [-0.2, 0) is 0 Å². The van der Waals surface area contributed by atoms with Crippen molar-refractivity contribution in [1.29, 1.82) is 5.26 Å². The van der Waals surface area contributed by atoms with Gasteiger partial charge in [0.05, 0.1) is 0 Å². The van der Waals surface area contributed by atoms with Crippen molar-refractivity contribution in [2.24, 2.45) is 0 Å². The van der Waals surface area contributed by atoms with Crippen LogP contribution in [0.5, 0.6) is 11.6 Å². The summed E-state index contributed by atoms with van der Waals surface area (Å²) in [5.74, 6) is 0.771. The molecule has 1 heterocycles. The Kier molecular flexibility index (Phi) is 2.88. The Morgan fingerprint density at radius 3 is 2.76 bits per heavy atom. The van der Waals surface area contributed by atoms with Gasteiger partial charge in [-0.2, -0.15) is 5.26 Å². The molecule has 1 aromatic heterocycles. The molecule has 2 rings (SSSR count). The molecule has 0 fully saturated rings. The molecule has 0 saturated heterocycles. The van der Waals surface area contributed by atoms with Crippen molar-refractivity contribution in [3.63, 3.8) is 0 Å². The Morgan fingerprint density at radius 1 is 1.29 bits per heavy atom. The number of nitriles is 1. The minimum atomic E-state index is 0.155. The van der Waals surface area contributed by atoms with Crippen LogP contribution in [0.15, 0.2) is 30.6 Å². The highest BCUT2D eigenvalue weighted by Gasteiger charge is 2.07. The Bertz CT molecular complexity index is 589. The van der Waals surface area contributed by atoms with Gasteiger partial charge >= 0.3 is 0 Å². The largest absolute Gasteiger partial charge is 0.436 e. The number of nitrogens with two attached hydrogens (primary N) is 1. The third-order valence-electron chi connectivity index (χ3n) is 2.23. The number of hydrogen-bond donors (Lipinski definition) is 1. The molecule has 0 aliphatic carbocycles. The van der Waals surface area contributed by atoms with Crippen LogP contribution in [0.3, 0.4) is 0 Å². The number of ether oxygens (including phenoxy) is 1. The van der Waals surface area contributed by atoms with Crippen molar-refractivity contribution in [3.8, 4) is 17.7 Å². The number of benzene rings is 1. The van der Waals surface area contributed by atoms with E-state index in [2.05, 4.69) is 9.97 Å². The molecule has 0 radical (unpaired) electrons. The molecular weight excluding hydrogens is 216 g/mol. The van der Waals surface area contributed by atoms with E-state index in [1.54, 1.807) is 18.2 Å². The lowest BCUT2D eigenvalue weighted by Gasteiger charge is -2.07. The molecule has 0 spiro atoms. The molecule has 84 valence electrons. The van der Waals surface area contributed by atoms with Crippen molar-refractivity contribution in [1.82, 2.24) is 9.97 Å². The zero-order valence-electron chi connectivity index (χ0n) is 9.21. The maximum absolute atomic E-state index is 8.84. The summed E-state index contributed by atoms with van der Waals surface area (Å²) in [5.41, 5.74) is 7.46. The molecule has 0 bridgehead atoms. The fourth-order valence-corrected chi connectivity index (χ4v) is 1.30. The van der Waals surface area contributed by atoms with E-state index in [0.29, 0.717) is 11.4 Å². The van der Waals surface area contributed by atoms with Gasteiger partial charge in [0.2, 0.25) is 5.69 Å². The highest BCUT2D eigenvalue weighted by molar-refractivity contribution is 5.50. The summed E-state index contributed by atoms with van der Waals surface area (Å²) in [5, 5.41) is 8.84. The SMILES string of the molecule is Cc1cc(Oc2nccnc2C#N)ccc1N. The van der Waals surface area contributed by atoms with E-state index in [9.17, 15) is 0 Å². The number of nitrogen functional groups attached to an aromatic ring is 1. The molecular formula is C12H10N4O. The van der Waals surface area contributed by atoms with E-state index in [1.807, 2.05) is 13.0 Å². The third-order valence-corrected chi connectivity index (χ3v) is 2.23. The van der Waals surface area contributed by atoms with Crippen LogP contribution in [0.2, 0.25) is 0 Å². The van der Waals surface area contributed by atoms with E-state index >= 15 is 0 Å². The quantitative estimate of drug-likeness (QED) is 0.792. The summed E-state index contributed by atoms with van der Waals surface area (Å²) in [6, 6.07) is 7.16. The predicted octanol–water partition coefficient (Wildman–Crippen LogP) is 2.03. The number of anilines is 1. The summed E-state index contributed by atoms with van der Waals surface area (Å²) in [6.45, 7) is 1.88. The van der Waals surface area contributed by atoms with E-state index in [-0.39, 0.29) is 11.6 Å². The van der Waals surface area contributed by atoms with Gasteiger partial charge in [-0.1, -0.05) is 0 Å². The van der Waals surface area contributed by atoms with Gasteiger partial charge in [0, 0.05) is 18.1 Å². The highest BCUT2D eigenvalue weighted by atomic mass is 16.5. The van der Waals surface area contributed by atoms with Gasteiger partial charge in [-0.15, -0.1) is 0 Å². The van der Waals surface area contributed by atoms with Gasteiger partial charge in [0.15, 0.2) is 0 Å². The van der Waals surface area contributed by atoms with E-state index in [1.165, 1.54) is 12.4 Å². The summed E-state index contributed by atoms with van der Waals surface area (Å²) < 4.78 is 5.48. The lowest BCUT2D eigenvalue weighted by Crippen LogP contribution is -1.95. The van der Waals surface area contributed by atoms with Crippen LogP contribution in [0, 0.1) is 18.3 Å². The van der Waals surface area contributed by atoms with E-state index in [4.69, 9.17) is 15.7 Å². The molecule has 0 unspecified atom stereocenters. The van der Waals surface area contributed by atoms with Gasteiger partial charge in [0.25, 0.3) is 5.88 Å². The Morgan fingerprint density at radius 2 is 2.06 bits per heavy atom. The molecule has 2 N–H and O–H groups in total. The van der Waals surface area contributed by atoms with E-state index < -0.39 is 0 Å². The van der Waals surface area contributed by atoms with Crippen LogP contribution in [0.1, 0.15) is 11.3 Å². The van der Waals surface area contributed by atoms with Gasteiger partial charge in [-0.25, -0.2) is 9.97 Å². The molecule has 1 aromatic carbocycles. The Labute approximate surface area is 98.5 Å². The number of nitrogens with zero attached hydrogens (tertiary/aromatic N) is 3. The van der Waals surface area contributed by atoms with Crippen LogP contribution < -0.4 is 10.5 Å². The molecule has 0 saturated carbocycles. The van der Waals surface area contributed by atoms with Gasteiger partial charge in [-0.3, -0.25) is 0 Å². The summed E-state index contributed by atoms with van der Waals surface area (Å²) >= 11 is 0. The molecule has 5 heteroatoms. The minimum absolute atomic E-state index is 0.155. The Hall–Kier alpha value is -2.61. The molecule has 2 aromatic rings. The molecule has 0 aliphatic rings. The highest BCUT2D eigenvalue weighted by Crippen LogP contribution is 2.24. The van der Waals surface area contributed by atoms with Crippen LogP contribution in [-0.4, -0.2) is 9.97 Å². The molecule has 5 nitrogen and oxygen atoms in total. The van der Waals surface area contributed by atoms with Crippen LogP contribution in [0.4, 0.5) is 5.69 Å². The summed E-state index contributed by atoms with van der Waals surface area (Å²) in [4.78, 5) is 7.82. The van der Waals surface area contributed by atoms with Crippen LogP contribution >= 0.6 is 0 Å². The zero-order valence-corrected chi connectivity index (χ0v) is 9.21. The maximum atomic E-state index is 8.84. The smallest absolute Gasteiger partial charge is 0.256 e. The van der Waals surface area contributed by atoms with Crippen molar-refractivity contribution in [2.75, 3.05) is 5.73 Å². The number of aryl methyl sites for hydroxylation is 1. The molecule has 0 atom stereocenters. The molecule has 0 aliphatic heterocycles.